The minimum absolute atomic E-state index is 0.451. The number of nitrogens with zero attached hydrogens (tertiary/aromatic N) is 2. The summed E-state index contributed by atoms with van der Waals surface area (Å²) >= 11 is 0. The lowest BCUT2D eigenvalue weighted by Crippen LogP contribution is -2.05. The average molecular weight is 252 g/mol. The second kappa shape index (κ2) is 6.01. The van der Waals surface area contributed by atoms with Crippen LogP contribution in [0.25, 0.3) is 11.3 Å². The molecule has 0 atom stereocenters. The maximum Gasteiger partial charge on any atom is 0.128 e. The molecule has 0 amide bonds. The Labute approximate surface area is 113 Å². The summed E-state index contributed by atoms with van der Waals surface area (Å²) < 4.78 is 5.80. The van der Waals surface area contributed by atoms with E-state index in [4.69, 9.17) is 10.00 Å². The number of nitriles is 1. The highest BCUT2D eigenvalue weighted by Gasteiger charge is 2.09. The molecule has 0 saturated carbocycles. The molecule has 19 heavy (non-hydrogen) atoms. The van der Waals surface area contributed by atoms with E-state index in [1.165, 1.54) is 0 Å². The van der Waals surface area contributed by atoms with Crippen molar-refractivity contribution < 1.29 is 4.74 Å². The van der Waals surface area contributed by atoms with Crippen molar-refractivity contribution in [1.29, 1.82) is 5.26 Å². The fraction of sp³-hybridized carbons (Fsp3) is 0.250. The van der Waals surface area contributed by atoms with Gasteiger partial charge in [0.25, 0.3) is 0 Å². The molecule has 1 aromatic heterocycles. The van der Waals surface area contributed by atoms with Crippen molar-refractivity contribution >= 4 is 0 Å². The maximum absolute atomic E-state index is 9.01. The summed E-state index contributed by atoms with van der Waals surface area (Å²) in [5.74, 6) is 1.22. The summed E-state index contributed by atoms with van der Waals surface area (Å²) in [6.45, 7) is 4.85. The Hall–Kier alpha value is -2.34. The van der Waals surface area contributed by atoms with Crippen molar-refractivity contribution in [2.45, 2.75) is 13.8 Å². The summed E-state index contributed by atoms with van der Waals surface area (Å²) in [7, 11) is 0. The molecule has 0 N–H and O–H groups in total. The summed E-state index contributed by atoms with van der Waals surface area (Å²) in [6, 6.07) is 13.3. The predicted octanol–water partition coefficient (Wildman–Crippen LogP) is 3.66. The number of benzene rings is 1. The van der Waals surface area contributed by atoms with E-state index in [1.807, 2.05) is 30.3 Å². The Kier molecular flexibility index (Phi) is 4.15. The molecule has 0 aliphatic carbocycles. The molecule has 0 saturated heterocycles. The van der Waals surface area contributed by atoms with Crippen LogP contribution in [-0.2, 0) is 0 Å². The first kappa shape index (κ1) is 13.1. The average Bonchev–Trinajstić information content (AvgIpc) is 2.46. The monoisotopic (exact) mass is 252 g/mol. The molecule has 0 bridgehead atoms. The van der Waals surface area contributed by atoms with Gasteiger partial charge in [-0.1, -0.05) is 19.9 Å². The first-order chi connectivity index (χ1) is 9.20. The Morgan fingerprint density at radius 3 is 2.74 bits per heavy atom. The number of hydrogen-bond donors (Lipinski definition) is 0. The molecule has 0 spiro atoms. The largest absolute Gasteiger partial charge is 0.493 e. The molecule has 1 heterocycles. The van der Waals surface area contributed by atoms with Crippen LogP contribution in [0.5, 0.6) is 5.75 Å². The third-order valence-electron chi connectivity index (χ3n) is 2.62. The van der Waals surface area contributed by atoms with Gasteiger partial charge >= 0.3 is 0 Å². The Balaban J connectivity index is 2.41. The standard InChI is InChI=1S/C16H16N2O/c1-12(2)11-19-16-7-6-13(10-17)9-14(16)15-5-3-4-8-18-15/h3-9,12H,11H2,1-2H3. The van der Waals surface area contributed by atoms with Gasteiger partial charge in [-0.2, -0.15) is 5.26 Å². The van der Waals surface area contributed by atoms with Gasteiger partial charge in [0.2, 0.25) is 0 Å². The summed E-state index contributed by atoms with van der Waals surface area (Å²) in [6.07, 6.45) is 1.74. The normalized spacial score (nSPS) is 10.2. The van der Waals surface area contributed by atoms with E-state index in [2.05, 4.69) is 24.9 Å². The highest BCUT2D eigenvalue weighted by Crippen LogP contribution is 2.29. The second-order valence-electron chi connectivity index (χ2n) is 4.74. The molecule has 2 rings (SSSR count). The van der Waals surface area contributed by atoms with E-state index in [9.17, 15) is 0 Å². The van der Waals surface area contributed by atoms with Crippen LogP contribution in [0.4, 0.5) is 0 Å². The van der Waals surface area contributed by atoms with E-state index < -0.39 is 0 Å². The molecule has 0 radical (unpaired) electrons. The Morgan fingerprint density at radius 2 is 2.11 bits per heavy atom. The van der Waals surface area contributed by atoms with Crippen LogP contribution < -0.4 is 4.74 Å². The SMILES string of the molecule is CC(C)COc1ccc(C#N)cc1-c1ccccn1. The number of ether oxygens (including phenoxy) is 1. The molecule has 3 heteroatoms. The maximum atomic E-state index is 9.01. The van der Waals surface area contributed by atoms with Gasteiger partial charge in [-0.15, -0.1) is 0 Å². The quantitative estimate of drug-likeness (QED) is 0.834. The molecule has 3 nitrogen and oxygen atoms in total. The van der Waals surface area contributed by atoms with E-state index in [1.54, 1.807) is 12.3 Å². The smallest absolute Gasteiger partial charge is 0.128 e. The van der Waals surface area contributed by atoms with E-state index in [-0.39, 0.29) is 0 Å². The molecule has 96 valence electrons. The Bertz CT molecular complexity index is 585. The zero-order valence-corrected chi connectivity index (χ0v) is 11.1. The van der Waals surface area contributed by atoms with Gasteiger partial charge in [-0.05, 0) is 36.2 Å². The predicted molar refractivity (Wildman–Crippen MR) is 74.7 cm³/mol. The minimum Gasteiger partial charge on any atom is -0.493 e. The summed E-state index contributed by atoms with van der Waals surface area (Å²) in [5, 5.41) is 9.01. The van der Waals surface area contributed by atoms with Crippen molar-refractivity contribution in [2.24, 2.45) is 5.92 Å². The molecule has 0 aliphatic heterocycles. The zero-order valence-electron chi connectivity index (χ0n) is 11.1. The first-order valence-corrected chi connectivity index (χ1v) is 6.29. The van der Waals surface area contributed by atoms with Crippen molar-refractivity contribution in [1.82, 2.24) is 4.98 Å². The summed E-state index contributed by atoms with van der Waals surface area (Å²) in [5.41, 5.74) is 2.29. The van der Waals surface area contributed by atoms with Gasteiger partial charge in [0.1, 0.15) is 5.75 Å². The molecule has 2 aromatic rings. The topological polar surface area (TPSA) is 45.9 Å². The van der Waals surface area contributed by atoms with Crippen LogP contribution in [0.15, 0.2) is 42.6 Å². The van der Waals surface area contributed by atoms with Gasteiger partial charge in [0, 0.05) is 11.8 Å². The van der Waals surface area contributed by atoms with Crippen LogP contribution in [0, 0.1) is 17.2 Å². The third-order valence-corrected chi connectivity index (χ3v) is 2.62. The lowest BCUT2D eigenvalue weighted by Gasteiger charge is -2.13. The van der Waals surface area contributed by atoms with Gasteiger partial charge in [-0.3, -0.25) is 4.98 Å². The van der Waals surface area contributed by atoms with Crippen LogP contribution in [0.2, 0.25) is 0 Å². The number of hydrogen-bond acceptors (Lipinski definition) is 3. The van der Waals surface area contributed by atoms with Crippen molar-refractivity contribution in [3.63, 3.8) is 0 Å². The van der Waals surface area contributed by atoms with Crippen LogP contribution in [0.3, 0.4) is 0 Å². The lowest BCUT2D eigenvalue weighted by atomic mass is 10.1. The minimum atomic E-state index is 0.451. The van der Waals surface area contributed by atoms with E-state index >= 15 is 0 Å². The highest BCUT2D eigenvalue weighted by atomic mass is 16.5. The van der Waals surface area contributed by atoms with Crippen molar-refractivity contribution in [2.75, 3.05) is 6.61 Å². The van der Waals surface area contributed by atoms with Gasteiger partial charge in [-0.25, -0.2) is 0 Å². The Morgan fingerprint density at radius 1 is 1.26 bits per heavy atom. The third kappa shape index (κ3) is 3.32. The zero-order chi connectivity index (χ0) is 13.7. The molecule has 0 fully saturated rings. The fourth-order valence-corrected chi connectivity index (χ4v) is 1.70. The molecule has 0 aliphatic rings. The fourth-order valence-electron chi connectivity index (χ4n) is 1.70. The van der Waals surface area contributed by atoms with Crippen molar-refractivity contribution in [3.05, 3.63) is 48.2 Å². The van der Waals surface area contributed by atoms with Crippen LogP contribution in [-0.4, -0.2) is 11.6 Å². The summed E-state index contributed by atoms with van der Waals surface area (Å²) in [4.78, 5) is 4.32. The van der Waals surface area contributed by atoms with Gasteiger partial charge in [0.05, 0.1) is 23.9 Å². The molecular weight excluding hydrogens is 236 g/mol. The second-order valence-corrected chi connectivity index (χ2v) is 4.74. The first-order valence-electron chi connectivity index (χ1n) is 6.29. The number of aromatic nitrogens is 1. The van der Waals surface area contributed by atoms with E-state index in [0.717, 1.165) is 17.0 Å². The van der Waals surface area contributed by atoms with Crippen LogP contribution >= 0.6 is 0 Å². The molecule has 1 aromatic carbocycles. The highest BCUT2D eigenvalue weighted by molar-refractivity contribution is 5.68. The number of rotatable bonds is 4. The van der Waals surface area contributed by atoms with Gasteiger partial charge in [0.15, 0.2) is 0 Å². The van der Waals surface area contributed by atoms with E-state index in [0.29, 0.717) is 18.1 Å². The number of pyridine rings is 1. The lowest BCUT2D eigenvalue weighted by molar-refractivity contribution is 0.272. The van der Waals surface area contributed by atoms with Crippen molar-refractivity contribution in [3.8, 4) is 23.1 Å². The van der Waals surface area contributed by atoms with Crippen LogP contribution in [0.1, 0.15) is 19.4 Å². The van der Waals surface area contributed by atoms with Gasteiger partial charge < -0.3 is 4.74 Å². The molecular formula is C16H16N2O. The molecule has 0 unspecified atom stereocenters.